The second-order valence-electron chi connectivity index (χ2n) is 7.74. The second-order valence-corrected chi connectivity index (χ2v) is 7.74. The lowest BCUT2D eigenvalue weighted by Gasteiger charge is -2.28. The van der Waals surface area contributed by atoms with E-state index in [0.717, 1.165) is 48.0 Å². The average molecular weight is 378 g/mol. The molecule has 3 aromatic rings. The van der Waals surface area contributed by atoms with Gasteiger partial charge in [-0.05, 0) is 43.0 Å². The first kappa shape index (κ1) is 18.6. The van der Waals surface area contributed by atoms with Crippen LogP contribution in [-0.4, -0.2) is 38.1 Å². The Kier molecular flexibility index (Phi) is 5.13. The number of H-pyrrole nitrogens is 1. The van der Waals surface area contributed by atoms with Gasteiger partial charge in [-0.1, -0.05) is 25.8 Å². The number of carbonyl (C=O) groups excluding carboxylic acids is 1. The van der Waals surface area contributed by atoms with Gasteiger partial charge in [-0.3, -0.25) is 14.8 Å². The number of aliphatic hydroxyl groups is 1. The summed E-state index contributed by atoms with van der Waals surface area (Å²) in [5.41, 5.74) is 5.17. The van der Waals surface area contributed by atoms with Crippen molar-refractivity contribution in [2.24, 2.45) is 0 Å². The first-order valence-electron chi connectivity index (χ1n) is 9.92. The van der Waals surface area contributed by atoms with Crippen LogP contribution in [0.5, 0.6) is 0 Å². The fraction of sp³-hybridized carbons (Fsp3) is 0.409. The Morgan fingerprint density at radius 3 is 2.82 bits per heavy atom. The van der Waals surface area contributed by atoms with E-state index >= 15 is 0 Å². The van der Waals surface area contributed by atoms with Crippen LogP contribution in [0.25, 0.3) is 11.0 Å². The summed E-state index contributed by atoms with van der Waals surface area (Å²) in [5.74, 6) is -0.121. The topological polar surface area (TPSA) is 90.9 Å². The molecular weight excluding hydrogens is 352 g/mol. The number of aliphatic hydroxyl groups excluding tert-OH is 1. The molecule has 1 aliphatic rings. The third kappa shape index (κ3) is 3.52. The number of hydrogen-bond donors (Lipinski definition) is 3. The van der Waals surface area contributed by atoms with E-state index in [4.69, 9.17) is 0 Å². The molecule has 0 bridgehead atoms. The monoisotopic (exact) mass is 378 g/mol. The Hall–Kier alpha value is -2.73. The molecule has 3 aromatic heterocycles. The molecule has 3 atom stereocenters. The minimum Gasteiger partial charge on any atom is -0.391 e. The van der Waals surface area contributed by atoms with E-state index in [-0.39, 0.29) is 17.9 Å². The normalized spacial score (nSPS) is 20.8. The molecular formula is C22H26N4O2. The van der Waals surface area contributed by atoms with Gasteiger partial charge in [0, 0.05) is 30.2 Å². The summed E-state index contributed by atoms with van der Waals surface area (Å²) < 4.78 is 0. The Bertz CT molecular complexity index is 980. The van der Waals surface area contributed by atoms with Crippen LogP contribution in [-0.2, 0) is 0 Å². The van der Waals surface area contributed by atoms with Crippen molar-refractivity contribution in [2.75, 3.05) is 0 Å². The zero-order valence-corrected chi connectivity index (χ0v) is 16.3. The lowest BCUT2D eigenvalue weighted by Crippen LogP contribution is -2.45. The number of nitrogens with zero attached hydrogens (tertiary/aromatic N) is 2. The van der Waals surface area contributed by atoms with Crippen molar-refractivity contribution in [3.63, 3.8) is 0 Å². The summed E-state index contributed by atoms with van der Waals surface area (Å²) in [6.45, 7) is 4.12. The number of rotatable bonds is 4. The maximum absolute atomic E-state index is 12.8. The molecule has 1 amide bonds. The third-order valence-electron chi connectivity index (χ3n) is 5.73. The highest BCUT2D eigenvalue weighted by atomic mass is 16.3. The van der Waals surface area contributed by atoms with Crippen LogP contribution in [0.1, 0.15) is 65.7 Å². The van der Waals surface area contributed by atoms with Gasteiger partial charge in [0.2, 0.25) is 0 Å². The van der Waals surface area contributed by atoms with Crippen molar-refractivity contribution in [1.82, 2.24) is 20.3 Å². The van der Waals surface area contributed by atoms with E-state index in [1.54, 1.807) is 12.4 Å². The molecule has 3 heterocycles. The van der Waals surface area contributed by atoms with Crippen molar-refractivity contribution in [3.8, 4) is 0 Å². The number of carbonyl (C=O) groups is 1. The van der Waals surface area contributed by atoms with Gasteiger partial charge in [0.1, 0.15) is 5.52 Å². The van der Waals surface area contributed by atoms with E-state index < -0.39 is 6.10 Å². The lowest BCUT2D eigenvalue weighted by molar-refractivity contribution is 0.0718. The predicted molar refractivity (Wildman–Crippen MR) is 108 cm³/mol. The molecule has 1 aliphatic carbocycles. The number of aromatic amines is 1. The van der Waals surface area contributed by atoms with Crippen molar-refractivity contribution in [3.05, 3.63) is 59.2 Å². The van der Waals surface area contributed by atoms with Crippen LogP contribution < -0.4 is 5.32 Å². The quantitative estimate of drug-likeness (QED) is 0.648. The van der Waals surface area contributed by atoms with E-state index in [1.165, 1.54) is 0 Å². The van der Waals surface area contributed by atoms with E-state index in [0.29, 0.717) is 11.1 Å². The van der Waals surface area contributed by atoms with E-state index in [1.807, 2.05) is 25.3 Å². The summed E-state index contributed by atoms with van der Waals surface area (Å²) >= 11 is 0. The molecule has 0 spiro atoms. The molecule has 0 radical (unpaired) electrons. The maximum atomic E-state index is 12.8. The summed E-state index contributed by atoms with van der Waals surface area (Å²) in [5, 5.41) is 13.1. The Labute approximate surface area is 164 Å². The molecule has 6 heteroatoms. The number of aromatic nitrogens is 3. The average Bonchev–Trinajstić information content (AvgIpc) is 3.14. The van der Waals surface area contributed by atoms with Crippen molar-refractivity contribution in [1.29, 1.82) is 0 Å². The minimum absolute atomic E-state index is 0.0702. The molecule has 1 unspecified atom stereocenters. The van der Waals surface area contributed by atoms with Gasteiger partial charge in [-0.15, -0.1) is 0 Å². The third-order valence-corrected chi connectivity index (χ3v) is 5.73. The Morgan fingerprint density at radius 1 is 1.25 bits per heavy atom. The Balaban J connectivity index is 1.63. The minimum atomic E-state index is -0.473. The van der Waals surface area contributed by atoms with Crippen LogP contribution >= 0.6 is 0 Å². The smallest absolute Gasteiger partial charge is 0.255 e. The van der Waals surface area contributed by atoms with Gasteiger partial charge < -0.3 is 15.4 Å². The number of nitrogens with one attached hydrogen (secondary N) is 2. The number of amides is 1. The van der Waals surface area contributed by atoms with Gasteiger partial charge >= 0.3 is 0 Å². The van der Waals surface area contributed by atoms with Crippen molar-refractivity contribution in [2.45, 2.75) is 57.6 Å². The summed E-state index contributed by atoms with van der Waals surface area (Å²) in [4.78, 5) is 25.1. The van der Waals surface area contributed by atoms with Crippen LogP contribution in [0, 0.1) is 6.92 Å². The molecule has 1 saturated carbocycles. The zero-order chi connectivity index (χ0) is 19.7. The van der Waals surface area contributed by atoms with Crippen LogP contribution in [0.3, 0.4) is 0 Å². The number of fused-ring (bicyclic) bond motifs is 1. The van der Waals surface area contributed by atoms with Gasteiger partial charge in [0.05, 0.1) is 23.2 Å². The first-order valence-corrected chi connectivity index (χ1v) is 9.92. The van der Waals surface area contributed by atoms with Gasteiger partial charge in [0.25, 0.3) is 5.91 Å². The highest BCUT2D eigenvalue weighted by Gasteiger charge is 2.26. The molecule has 4 rings (SSSR count). The Morgan fingerprint density at radius 2 is 2.07 bits per heavy atom. The maximum Gasteiger partial charge on any atom is 0.255 e. The molecule has 0 aliphatic heterocycles. The molecule has 146 valence electrons. The highest BCUT2D eigenvalue weighted by Crippen LogP contribution is 2.29. The van der Waals surface area contributed by atoms with Crippen LogP contribution in [0.4, 0.5) is 0 Å². The second kappa shape index (κ2) is 7.72. The molecule has 0 aromatic carbocycles. The molecule has 28 heavy (non-hydrogen) atoms. The molecule has 6 nitrogen and oxygen atoms in total. The van der Waals surface area contributed by atoms with Crippen molar-refractivity contribution >= 4 is 16.9 Å². The fourth-order valence-electron chi connectivity index (χ4n) is 4.00. The first-order chi connectivity index (χ1) is 13.5. The summed E-state index contributed by atoms with van der Waals surface area (Å²) in [7, 11) is 0. The van der Waals surface area contributed by atoms with E-state index in [9.17, 15) is 9.90 Å². The fourth-order valence-corrected chi connectivity index (χ4v) is 4.00. The molecule has 3 N–H and O–H groups in total. The zero-order valence-electron chi connectivity index (χ0n) is 16.3. The number of aryl methyl sites for hydroxylation is 1. The highest BCUT2D eigenvalue weighted by molar-refractivity contribution is 6.06. The lowest BCUT2D eigenvalue weighted by atomic mass is 9.92. The van der Waals surface area contributed by atoms with Crippen LogP contribution in [0.15, 0.2) is 36.8 Å². The van der Waals surface area contributed by atoms with Gasteiger partial charge in [0.15, 0.2) is 0 Å². The van der Waals surface area contributed by atoms with E-state index in [2.05, 4.69) is 33.3 Å². The largest absolute Gasteiger partial charge is 0.391 e. The SMILES string of the molecule is Cc1ccc(C(C)c2ccnc3c(C(=O)N[C@H]4CCCC[C@@H]4O)c[nH]c23)nc1. The molecule has 0 saturated heterocycles. The predicted octanol–water partition coefficient (Wildman–Crippen LogP) is 3.45. The summed E-state index contributed by atoms with van der Waals surface area (Å²) in [6.07, 6.45) is 8.43. The summed E-state index contributed by atoms with van der Waals surface area (Å²) in [6, 6.07) is 5.87. The number of pyridine rings is 2. The molecule has 1 fully saturated rings. The van der Waals surface area contributed by atoms with Gasteiger partial charge in [-0.2, -0.15) is 0 Å². The van der Waals surface area contributed by atoms with Crippen LogP contribution in [0.2, 0.25) is 0 Å². The van der Waals surface area contributed by atoms with Gasteiger partial charge in [-0.25, -0.2) is 0 Å². The number of hydrogen-bond acceptors (Lipinski definition) is 4. The standard InChI is InChI=1S/C22H26N4O2/c1-13-7-8-17(24-11-13)14(2)15-9-10-23-21-16(12-25-20(15)21)22(28)26-18-5-3-4-6-19(18)27/h7-12,14,18-19,25,27H,3-6H2,1-2H3,(H,26,28)/t14?,18-,19-/m0/s1. The van der Waals surface area contributed by atoms with Crippen molar-refractivity contribution < 1.29 is 9.90 Å².